The van der Waals surface area contributed by atoms with E-state index < -0.39 is 0 Å². The van der Waals surface area contributed by atoms with Gasteiger partial charge in [-0.25, -0.2) is 0 Å². The lowest BCUT2D eigenvalue weighted by Gasteiger charge is -2.11. The van der Waals surface area contributed by atoms with Crippen molar-refractivity contribution >= 4 is 34.5 Å². The average Bonchev–Trinajstić information content (AvgIpc) is 2.65. The molecular formula is C15H11NO2S. The Labute approximate surface area is 116 Å². The van der Waals surface area contributed by atoms with Gasteiger partial charge in [0, 0.05) is 18.3 Å². The maximum atomic E-state index is 12.2. The van der Waals surface area contributed by atoms with Crippen molar-refractivity contribution in [3.8, 4) is 0 Å². The van der Waals surface area contributed by atoms with Crippen molar-refractivity contribution in [2.24, 2.45) is 0 Å². The van der Waals surface area contributed by atoms with E-state index in [9.17, 15) is 9.59 Å². The Kier molecular flexibility index (Phi) is 2.68. The fourth-order valence-corrected chi connectivity index (χ4v) is 2.52. The zero-order valence-corrected chi connectivity index (χ0v) is 11.2. The summed E-state index contributed by atoms with van der Waals surface area (Å²) in [6.07, 6.45) is 6.46. The van der Waals surface area contributed by atoms with Gasteiger partial charge >= 0.3 is 0 Å². The van der Waals surface area contributed by atoms with E-state index in [-0.39, 0.29) is 11.8 Å². The first-order chi connectivity index (χ1) is 9.09. The number of hydrogen-bond donors (Lipinski definition) is 0. The predicted molar refractivity (Wildman–Crippen MR) is 77.2 cm³/mol. The Balaban J connectivity index is 2.17. The van der Waals surface area contributed by atoms with Gasteiger partial charge in [-0.15, -0.1) is 0 Å². The minimum Gasteiger partial charge on any atom is -0.277 e. The van der Waals surface area contributed by atoms with Crippen molar-refractivity contribution in [3.63, 3.8) is 0 Å². The maximum absolute atomic E-state index is 12.2. The van der Waals surface area contributed by atoms with Gasteiger partial charge in [0.2, 0.25) is 0 Å². The molecule has 1 aromatic carbocycles. The Morgan fingerprint density at radius 3 is 2.53 bits per heavy atom. The normalized spacial score (nSPS) is 17.8. The monoisotopic (exact) mass is 269 g/mol. The van der Waals surface area contributed by atoms with Gasteiger partial charge in [-0.2, -0.15) is 0 Å². The number of fused-ring (bicyclic) bond motifs is 1. The van der Waals surface area contributed by atoms with Gasteiger partial charge in [-0.1, -0.05) is 36.5 Å². The van der Waals surface area contributed by atoms with Crippen LogP contribution in [0.25, 0.3) is 5.57 Å². The first kappa shape index (κ1) is 12.0. The minimum absolute atomic E-state index is 0.238. The molecule has 1 heterocycles. The number of carbonyl (C=O) groups is 2. The Morgan fingerprint density at radius 1 is 1.11 bits per heavy atom. The molecule has 2 amide bonds. The van der Waals surface area contributed by atoms with Crippen LogP contribution in [0.2, 0.25) is 0 Å². The molecule has 0 N–H and O–H groups in total. The molecule has 2 aliphatic rings. The number of hydrogen-bond acceptors (Lipinski definition) is 3. The number of nitrogens with zero attached hydrogens (tertiary/aromatic N) is 1. The summed E-state index contributed by atoms with van der Waals surface area (Å²) in [6.45, 7) is 0. The molecule has 19 heavy (non-hydrogen) atoms. The topological polar surface area (TPSA) is 37.4 Å². The molecule has 4 heteroatoms. The molecule has 0 saturated heterocycles. The second-order valence-electron chi connectivity index (χ2n) is 4.56. The van der Waals surface area contributed by atoms with Crippen molar-refractivity contribution in [1.82, 2.24) is 4.90 Å². The van der Waals surface area contributed by atoms with Crippen LogP contribution in [0, 0.1) is 0 Å². The molecule has 0 bridgehead atoms. The summed E-state index contributed by atoms with van der Waals surface area (Å²) in [4.78, 5) is 26.1. The smallest absolute Gasteiger partial charge is 0.261 e. The second-order valence-corrected chi connectivity index (χ2v) is 5.09. The van der Waals surface area contributed by atoms with E-state index in [2.05, 4.69) is 0 Å². The Bertz CT molecular complexity index is 685. The van der Waals surface area contributed by atoms with Gasteiger partial charge < -0.3 is 0 Å². The third-order valence-electron chi connectivity index (χ3n) is 3.40. The zero-order chi connectivity index (χ0) is 13.6. The highest BCUT2D eigenvalue weighted by Gasteiger charge is 2.35. The van der Waals surface area contributed by atoms with E-state index in [0.29, 0.717) is 17.5 Å². The minimum atomic E-state index is -0.238. The van der Waals surface area contributed by atoms with Gasteiger partial charge in [0.05, 0.1) is 11.1 Å². The molecule has 0 fully saturated rings. The summed E-state index contributed by atoms with van der Waals surface area (Å²) in [5.41, 5.74) is 2.73. The van der Waals surface area contributed by atoms with Crippen molar-refractivity contribution in [3.05, 3.63) is 53.1 Å². The largest absolute Gasteiger partial charge is 0.277 e. The van der Waals surface area contributed by atoms with E-state index in [0.717, 1.165) is 20.9 Å². The van der Waals surface area contributed by atoms with Gasteiger partial charge in [0.25, 0.3) is 11.8 Å². The SMILES string of the molecule is CN1C(=O)c2cccc(C3=CCC(=S)C=C3)c2C1=O. The molecule has 3 rings (SSSR count). The van der Waals surface area contributed by atoms with Crippen LogP contribution < -0.4 is 0 Å². The number of amides is 2. The van der Waals surface area contributed by atoms with Crippen LogP contribution in [0.1, 0.15) is 32.7 Å². The predicted octanol–water partition coefficient (Wildman–Crippen LogP) is 2.63. The number of carbonyl (C=O) groups excluding carboxylic acids is 2. The van der Waals surface area contributed by atoms with Crippen LogP contribution in [-0.4, -0.2) is 28.6 Å². The number of benzene rings is 1. The third kappa shape index (κ3) is 1.76. The first-order valence-corrected chi connectivity index (χ1v) is 6.37. The summed E-state index contributed by atoms with van der Waals surface area (Å²) in [7, 11) is 1.51. The summed E-state index contributed by atoms with van der Waals surface area (Å²) in [6, 6.07) is 5.37. The third-order valence-corrected chi connectivity index (χ3v) is 3.70. The van der Waals surface area contributed by atoms with E-state index in [4.69, 9.17) is 12.2 Å². The van der Waals surface area contributed by atoms with Crippen molar-refractivity contribution in [1.29, 1.82) is 0 Å². The number of rotatable bonds is 1. The average molecular weight is 269 g/mol. The van der Waals surface area contributed by atoms with Crippen LogP contribution in [0.4, 0.5) is 0 Å². The molecule has 0 spiro atoms. The molecular weight excluding hydrogens is 258 g/mol. The van der Waals surface area contributed by atoms with Crippen LogP contribution >= 0.6 is 12.2 Å². The first-order valence-electron chi connectivity index (χ1n) is 5.96. The molecule has 0 aromatic heterocycles. The van der Waals surface area contributed by atoms with Crippen molar-refractivity contribution < 1.29 is 9.59 Å². The Hall–Kier alpha value is -2.07. The van der Waals surface area contributed by atoms with Gasteiger partial charge in [0.15, 0.2) is 0 Å². The van der Waals surface area contributed by atoms with Crippen LogP contribution in [0.5, 0.6) is 0 Å². The summed E-state index contributed by atoms with van der Waals surface area (Å²) >= 11 is 5.11. The zero-order valence-electron chi connectivity index (χ0n) is 10.3. The summed E-state index contributed by atoms with van der Waals surface area (Å²) < 4.78 is 0. The van der Waals surface area contributed by atoms with Crippen LogP contribution in [0.3, 0.4) is 0 Å². The number of imide groups is 1. The molecule has 94 valence electrons. The molecule has 1 aliphatic heterocycles. The standard InChI is InChI=1S/C15H11NO2S/c1-16-14(17)12-4-2-3-11(13(12)15(16)18)9-5-7-10(19)8-6-9/h2-7H,8H2,1H3. The van der Waals surface area contributed by atoms with E-state index >= 15 is 0 Å². The second kappa shape index (κ2) is 4.24. The highest BCUT2D eigenvalue weighted by atomic mass is 32.1. The quantitative estimate of drug-likeness (QED) is 0.581. The molecule has 0 saturated carbocycles. The lowest BCUT2D eigenvalue weighted by molar-refractivity contribution is 0.0693. The highest BCUT2D eigenvalue weighted by Crippen LogP contribution is 2.31. The fraction of sp³-hybridized carbons (Fsp3) is 0.133. The highest BCUT2D eigenvalue weighted by molar-refractivity contribution is 7.80. The van der Waals surface area contributed by atoms with Crippen LogP contribution in [-0.2, 0) is 0 Å². The molecule has 1 aliphatic carbocycles. The lowest BCUT2D eigenvalue weighted by atomic mass is 9.93. The van der Waals surface area contributed by atoms with Gasteiger partial charge in [-0.3, -0.25) is 14.5 Å². The number of thiocarbonyl (C=S) groups is 1. The van der Waals surface area contributed by atoms with E-state index in [1.807, 2.05) is 24.3 Å². The summed E-state index contributed by atoms with van der Waals surface area (Å²) in [5.74, 6) is -0.476. The van der Waals surface area contributed by atoms with Crippen molar-refractivity contribution in [2.75, 3.05) is 7.05 Å². The molecule has 0 radical (unpaired) electrons. The van der Waals surface area contributed by atoms with Crippen LogP contribution in [0.15, 0.2) is 36.4 Å². The maximum Gasteiger partial charge on any atom is 0.261 e. The van der Waals surface area contributed by atoms with E-state index in [1.54, 1.807) is 12.1 Å². The number of allylic oxidation sites excluding steroid dienone is 4. The van der Waals surface area contributed by atoms with E-state index in [1.165, 1.54) is 7.05 Å². The van der Waals surface area contributed by atoms with Crippen molar-refractivity contribution in [2.45, 2.75) is 6.42 Å². The lowest BCUT2D eigenvalue weighted by Crippen LogP contribution is -2.24. The molecule has 3 nitrogen and oxygen atoms in total. The molecule has 0 unspecified atom stereocenters. The Morgan fingerprint density at radius 2 is 1.84 bits per heavy atom. The molecule has 1 aromatic rings. The summed E-state index contributed by atoms with van der Waals surface area (Å²) in [5, 5.41) is 0. The molecule has 0 atom stereocenters. The van der Waals surface area contributed by atoms with Gasteiger partial charge in [-0.05, 0) is 23.3 Å². The van der Waals surface area contributed by atoms with Gasteiger partial charge in [0.1, 0.15) is 0 Å². The fourth-order valence-electron chi connectivity index (χ4n) is 2.37.